The molecule has 28 heavy (non-hydrogen) atoms. The van der Waals surface area contributed by atoms with Gasteiger partial charge in [-0.3, -0.25) is 0 Å². The smallest absolute Gasteiger partial charge is 0.492 e. The summed E-state index contributed by atoms with van der Waals surface area (Å²) in [5.74, 6) is 0.488. The quantitative estimate of drug-likeness (QED) is 0.296. The molecule has 0 amide bonds. The molecule has 1 saturated heterocycles. The summed E-state index contributed by atoms with van der Waals surface area (Å²) in [5, 5.41) is 28.4. The Kier molecular flexibility index (Phi) is 6.53. The molecule has 0 unspecified atom stereocenters. The molecule has 2 aromatic carbocycles. The average Bonchev–Trinajstić information content (AvgIpc) is 2.74. The van der Waals surface area contributed by atoms with Crippen LogP contribution < -0.4 is 21.3 Å². The van der Waals surface area contributed by atoms with Gasteiger partial charge in [0.25, 0.3) is 0 Å². The molecule has 1 fully saturated rings. The van der Waals surface area contributed by atoms with Gasteiger partial charge in [0, 0.05) is 40.7 Å². The molecular weight excluding hydrogens is 361 g/mol. The van der Waals surface area contributed by atoms with Crippen molar-refractivity contribution in [1.29, 1.82) is 5.41 Å². The molecule has 0 aliphatic carbocycles. The number of fused-ring (bicyclic) bond motifs is 3. The SMILES string of the molecule is COc1ccccc1B(O)O.N=Cc1c(N)ccc2c1[C@H]1OCCO[C@H]1CN2. The van der Waals surface area contributed by atoms with Crippen molar-refractivity contribution in [1.82, 2.24) is 0 Å². The Morgan fingerprint density at radius 1 is 1.21 bits per heavy atom. The van der Waals surface area contributed by atoms with Crippen molar-refractivity contribution in [3.8, 4) is 5.75 Å². The molecule has 0 radical (unpaired) electrons. The second kappa shape index (κ2) is 9.07. The maximum Gasteiger partial charge on any atom is 0.492 e. The first-order valence-electron chi connectivity index (χ1n) is 8.95. The van der Waals surface area contributed by atoms with Crippen molar-refractivity contribution in [3.63, 3.8) is 0 Å². The van der Waals surface area contributed by atoms with E-state index in [-0.39, 0.29) is 12.2 Å². The number of methoxy groups -OCH3 is 1. The minimum Gasteiger partial charge on any atom is -0.497 e. The molecule has 2 aliphatic heterocycles. The molecule has 6 N–H and O–H groups in total. The third-order valence-corrected chi connectivity index (χ3v) is 4.71. The third-order valence-electron chi connectivity index (χ3n) is 4.71. The van der Waals surface area contributed by atoms with Gasteiger partial charge < -0.3 is 40.7 Å². The summed E-state index contributed by atoms with van der Waals surface area (Å²) in [6, 6.07) is 10.5. The van der Waals surface area contributed by atoms with Crippen LogP contribution in [0.4, 0.5) is 11.4 Å². The lowest BCUT2D eigenvalue weighted by molar-refractivity contribution is -0.138. The van der Waals surface area contributed by atoms with Crippen LogP contribution in [-0.2, 0) is 9.47 Å². The highest BCUT2D eigenvalue weighted by Crippen LogP contribution is 2.39. The summed E-state index contributed by atoms with van der Waals surface area (Å²) >= 11 is 0. The first-order chi connectivity index (χ1) is 13.6. The van der Waals surface area contributed by atoms with Gasteiger partial charge in [0.05, 0.1) is 20.3 Å². The number of benzene rings is 2. The Labute approximate surface area is 163 Å². The Bertz CT molecular complexity index is 833. The number of nitrogens with two attached hydrogens (primary N) is 1. The highest BCUT2D eigenvalue weighted by atomic mass is 16.6. The third kappa shape index (κ3) is 4.12. The van der Waals surface area contributed by atoms with Crippen molar-refractivity contribution in [3.05, 3.63) is 47.5 Å². The van der Waals surface area contributed by atoms with Crippen molar-refractivity contribution in [2.24, 2.45) is 0 Å². The van der Waals surface area contributed by atoms with Gasteiger partial charge in [-0.2, -0.15) is 0 Å². The van der Waals surface area contributed by atoms with Crippen LogP contribution in [0.25, 0.3) is 0 Å². The van der Waals surface area contributed by atoms with E-state index >= 15 is 0 Å². The van der Waals surface area contributed by atoms with Crippen molar-refractivity contribution in [2.45, 2.75) is 12.2 Å². The van der Waals surface area contributed by atoms with E-state index < -0.39 is 7.12 Å². The van der Waals surface area contributed by atoms with Crippen LogP contribution in [0.3, 0.4) is 0 Å². The molecule has 2 atom stereocenters. The molecule has 8 nitrogen and oxygen atoms in total. The number of rotatable bonds is 3. The summed E-state index contributed by atoms with van der Waals surface area (Å²) in [6.07, 6.45) is 1.19. The number of ether oxygens (including phenoxy) is 3. The number of hydrogen-bond donors (Lipinski definition) is 5. The van der Waals surface area contributed by atoms with Crippen LogP contribution in [0.5, 0.6) is 5.75 Å². The van der Waals surface area contributed by atoms with Crippen molar-refractivity contribution in [2.75, 3.05) is 37.9 Å². The maximum atomic E-state index is 8.81. The predicted molar refractivity (Wildman–Crippen MR) is 108 cm³/mol. The van der Waals surface area contributed by atoms with E-state index in [0.717, 1.165) is 23.4 Å². The summed E-state index contributed by atoms with van der Waals surface area (Å²) in [4.78, 5) is 0. The molecular formula is C19H24BN3O5. The lowest BCUT2D eigenvalue weighted by Crippen LogP contribution is -2.41. The van der Waals surface area contributed by atoms with Crippen molar-refractivity contribution < 1.29 is 24.3 Å². The molecule has 0 aromatic heterocycles. The number of nitrogen functional groups attached to an aromatic ring is 1. The van der Waals surface area contributed by atoms with Gasteiger partial charge in [-0.25, -0.2) is 0 Å². The molecule has 0 bridgehead atoms. The second-order valence-corrected chi connectivity index (χ2v) is 6.37. The van der Waals surface area contributed by atoms with E-state index in [1.165, 1.54) is 13.3 Å². The van der Waals surface area contributed by atoms with E-state index in [2.05, 4.69) is 5.32 Å². The van der Waals surface area contributed by atoms with E-state index in [0.29, 0.717) is 30.1 Å². The zero-order valence-electron chi connectivity index (χ0n) is 15.6. The topological polar surface area (TPSA) is 130 Å². The molecule has 4 rings (SSSR count). The maximum absolute atomic E-state index is 8.81. The van der Waals surface area contributed by atoms with Crippen LogP contribution in [0.1, 0.15) is 17.2 Å². The molecule has 2 aliphatic rings. The van der Waals surface area contributed by atoms with Gasteiger partial charge >= 0.3 is 7.12 Å². The Morgan fingerprint density at radius 3 is 2.64 bits per heavy atom. The number of anilines is 2. The molecule has 0 spiro atoms. The predicted octanol–water partition coefficient (Wildman–Crippen LogP) is 0.523. The Morgan fingerprint density at radius 2 is 1.96 bits per heavy atom. The van der Waals surface area contributed by atoms with Crippen LogP contribution in [-0.4, -0.2) is 56.4 Å². The van der Waals surface area contributed by atoms with Crippen LogP contribution in [0.15, 0.2) is 36.4 Å². The fraction of sp³-hybridized carbons (Fsp3) is 0.316. The van der Waals surface area contributed by atoms with E-state index in [1.807, 2.05) is 12.1 Å². The van der Waals surface area contributed by atoms with Crippen LogP contribution in [0.2, 0.25) is 0 Å². The summed E-state index contributed by atoms with van der Waals surface area (Å²) < 4.78 is 16.3. The summed E-state index contributed by atoms with van der Waals surface area (Å²) in [6.45, 7) is 1.95. The van der Waals surface area contributed by atoms with E-state index in [1.54, 1.807) is 24.3 Å². The minimum atomic E-state index is -1.47. The van der Waals surface area contributed by atoms with Gasteiger partial charge in [-0.15, -0.1) is 0 Å². The molecule has 2 aromatic rings. The lowest BCUT2D eigenvalue weighted by atomic mass is 9.80. The van der Waals surface area contributed by atoms with Gasteiger partial charge in [0.1, 0.15) is 18.0 Å². The van der Waals surface area contributed by atoms with Gasteiger partial charge in [0.2, 0.25) is 0 Å². The van der Waals surface area contributed by atoms with Crippen LogP contribution >= 0.6 is 0 Å². The van der Waals surface area contributed by atoms with Crippen molar-refractivity contribution >= 4 is 30.2 Å². The van der Waals surface area contributed by atoms with Gasteiger partial charge in [0.15, 0.2) is 0 Å². The molecule has 148 valence electrons. The van der Waals surface area contributed by atoms with Crippen LogP contribution in [0, 0.1) is 5.41 Å². The Balaban J connectivity index is 0.000000178. The average molecular weight is 385 g/mol. The zero-order valence-corrected chi connectivity index (χ0v) is 15.6. The fourth-order valence-electron chi connectivity index (χ4n) is 3.37. The number of para-hydroxylation sites is 1. The Hall–Kier alpha value is -2.59. The van der Waals surface area contributed by atoms with E-state index in [4.69, 9.17) is 35.4 Å². The monoisotopic (exact) mass is 385 g/mol. The first kappa shape index (κ1) is 20.2. The van der Waals surface area contributed by atoms with Gasteiger partial charge in [-0.05, 0) is 18.2 Å². The fourth-order valence-corrected chi connectivity index (χ4v) is 3.37. The zero-order chi connectivity index (χ0) is 20.1. The highest BCUT2D eigenvalue weighted by molar-refractivity contribution is 6.59. The largest absolute Gasteiger partial charge is 0.497 e. The normalized spacial score (nSPS) is 19.8. The molecule has 2 heterocycles. The summed E-state index contributed by atoms with van der Waals surface area (Å²) in [7, 11) is 0.0208. The minimum absolute atomic E-state index is 0.0109. The molecule has 9 heteroatoms. The highest BCUT2D eigenvalue weighted by Gasteiger charge is 2.35. The summed E-state index contributed by atoms with van der Waals surface area (Å²) in [5.41, 5.74) is 9.57. The number of hydrogen-bond acceptors (Lipinski definition) is 8. The second-order valence-electron chi connectivity index (χ2n) is 6.37. The number of nitrogens with one attached hydrogen (secondary N) is 2. The lowest BCUT2D eigenvalue weighted by Gasteiger charge is -2.38. The molecule has 0 saturated carbocycles. The van der Waals surface area contributed by atoms with Gasteiger partial charge in [-0.1, -0.05) is 18.2 Å². The standard InChI is InChI=1S/C12H15N3O2.C7H9BO3/c13-5-7-8(14)1-2-9-11(7)12-10(6-15-9)16-3-4-17-12;1-11-7-5-3-2-4-6(7)8(9)10/h1-2,5,10,12-13,15H,3-4,6,14H2;2-5,9-10H,1H3/t10-,12-;/m0./s1. The van der Waals surface area contributed by atoms with E-state index in [9.17, 15) is 0 Å². The first-order valence-corrected chi connectivity index (χ1v) is 8.95.